The van der Waals surface area contributed by atoms with Crippen LogP contribution in [0.1, 0.15) is 13.8 Å². The Morgan fingerprint density at radius 2 is 2.27 bits per heavy atom. The molecule has 0 atom stereocenters. The number of halogens is 1. The lowest BCUT2D eigenvalue weighted by Crippen LogP contribution is -2.36. The minimum Gasteiger partial charge on any atom is -0.396 e. The van der Waals surface area contributed by atoms with Crippen LogP contribution < -0.4 is 11.1 Å². The van der Waals surface area contributed by atoms with Gasteiger partial charge in [0.1, 0.15) is 5.15 Å². The summed E-state index contributed by atoms with van der Waals surface area (Å²) in [5.74, 6) is 0. The van der Waals surface area contributed by atoms with Gasteiger partial charge in [0.05, 0.1) is 29.7 Å². The number of pyridine rings is 1. The van der Waals surface area contributed by atoms with Crippen molar-refractivity contribution in [3.05, 3.63) is 17.4 Å². The quantitative estimate of drug-likeness (QED) is 0.777. The van der Waals surface area contributed by atoms with E-state index >= 15 is 0 Å². The average Bonchev–Trinajstić information content (AvgIpc) is 2.10. The first kappa shape index (κ1) is 12.1. The second kappa shape index (κ2) is 4.68. The van der Waals surface area contributed by atoms with E-state index in [0.29, 0.717) is 17.4 Å². The lowest BCUT2D eigenvalue weighted by molar-refractivity contribution is 0.158. The molecule has 1 rings (SSSR count). The zero-order valence-electron chi connectivity index (χ0n) is 9.17. The number of nitrogens with zero attached hydrogens (tertiary/aromatic N) is 1. The highest BCUT2D eigenvalue weighted by atomic mass is 35.5. The number of nitrogens with two attached hydrogens (primary N) is 1. The molecule has 0 aliphatic rings. The van der Waals surface area contributed by atoms with Gasteiger partial charge in [0.25, 0.3) is 0 Å². The molecular formula is C10H16ClN3O. The zero-order chi connectivity index (χ0) is 11.5. The van der Waals surface area contributed by atoms with Crippen LogP contribution in [-0.4, -0.2) is 24.2 Å². The van der Waals surface area contributed by atoms with Gasteiger partial charge >= 0.3 is 0 Å². The van der Waals surface area contributed by atoms with Gasteiger partial charge in [0, 0.05) is 13.2 Å². The molecule has 0 radical (unpaired) electrons. The molecule has 0 unspecified atom stereocenters. The summed E-state index contributed by atoms with van der Waals surface area (Å²) in [6.07, 6.45) is 1.54. The Hall–Kier alpha value is -1.00. The topological polar surface area (TPSA) is 60.2 Å². The number of anilines is 2. The van der Waals surface area contributed by atoms with Crippen LogP contribution >= 0.6 is 11.6 Å². The van der Waals surface area contributed by atoms with Crippen LogP contribution in [0.2, 0.25) is 5.15 Å². The molecule has 1 aromatic rings. The fourth-order valence-electron chi connectivity index (χ4n) is 1.31. The average molecular weight is 230 g/mol. The van der Waals surface area contributed by atoms with Gasteiger partial charge in [-0.3, -0.25) is 0 Å². The third-order valence-corrected chi connectivity index (χ3v) is 2.09. The molecule has 3 N–H and O–H groups in total. The number of rotatable bonds is 4. The van der Waals surface area contributed by atoms with Crippen molar-refractivity contribution in [1.29, 1.82) is 0 Å². The van der Waals surface area contributed by atoms with Gasteiger partial charge in [-0.05, 0) is 13.8 Å². The molecule has 0 spiro atoms. The first-order chi connectivity index (χ1) is 6.94. The summed E-state index contributed by atoms with van der Waals surface area (Å²) in [4.78, 5) is 3.88. The normalized spacial score (nSPS) is 11.5. The smallest absolute Gasteiger partial charge is 0.131 e. The summed E-state index contributed by atoms with van der Waals surface area (Å²) in [6, 6.07) is 1.70. The van der Waals surface area contributed by atoms with Crippen molar-refractivity contribution >= 4 is 23.0 Å². The van der Waals surface area contributed by atoms with E-state index in [-0.39, 0.29) is 5.54 Å². The first-order valence-corrected chi connectivity index (χ1v) is 5.00. The first-order valence-electron chi connectivity index (χ1n) is 4.63. The Morgan fingerprint density at radius 3 is 2.87 bits per heavy atom. The van der Waals surface area contributed by atoms with E-state index < -0.39 is 0 Å². The van der Waals surface area contributed by atoms with Crippen molar-refractivity contribution < 1.29 is 4.74 Å². The molecule has 15 heavy (non-hydrogen) atoms. The summed E-state index contributed by atoms with van der Waals surface area (Å²) in [7, 11) is 1.66. The fourth-order valence-corrected chi connectivity index (χ4v) is 1.47. The number of hydrogen-bond acceptors (Lipinski definition) is 4. The second-order valence-electron chi connectivity index (χ2n) is 4.04. The predicted octanol–water partition coefficient (Wildman–Crippen LogP) is 2.15. The van der Waals surface area contributed by atoms with Crippen molar-refractivity contribution in [2.45, 2.75) is 19.4 Å². The number of nitrogens with one attached hydrogen (secondary N) is 1. The molecule has 0 bridgehead atoms. The molecule has 4 nitrogen and oxygen atoms in total. The van der Waals surface area contributed by atoms with E-state index in [2.05, 4.69) is 10.3 Å². The van der Waals surface area contributed by atoms with Crippen molar-refractivity contribution in [3.8, 4) is 0 Å². The number of methoxy groups -OCH3 is 1. The summed E-state index contributed by atoms with van der Waals surface area (Å²) >= 11 is 5.78. The van der Waals surface area contributed by atoms with Crippen LogP contribution in [0.5, 0.6) is 0 Å². The maximum Gasteiger partial charge on any atom is 0.131 e. The summed E-state index contributed by atoms with van der Waals surface area (Å²) < 4.78 is 5.10. The highest BCUT2D eigenvalue weighted by Crippen LogP contribution is 2.24. The Balaban J connectivity index is 2.83. The monoisotopic (exact) mass is 229 g/mol. The van der Waals surface area contributed by atoms with E-state index in [0.717, 1.165) is 5.69 Å². The van der Waals surface area contributed by atoms with Gasteiger partial charge in [-0.1, -0.05) is 11.6 Å². The third kappa shape index (κ3) is 3.57. The number of hydrogen-bond donors (Lipinski definition) is 2. The van der Waals surface area contributed by atoms with E-state index in [4.69, 9.17) is 22.1 Å². The molecule has 5 heteroatoms. The van der Waals surface area contributed by atoms with Crippen molar-refractivity contribution in [1.82, 2.24) is 4.98 Å². The minimum atomic E-state index is -0.201. The Kier molecular flexibility index (Phi) is 3.77. The van der Waals surface area contributed by atoms with Crippen LogP contribution in [0.25, 0.3) is 0 Å². The van der Waals surface area contributed by atoms with E-state index in [1.807, 2.05) is 13.8 Å². The third-order valence-electron chi connectivity index (χ3n) is 1.88. The summed E-state index contributed by atoms with van der Waals surface area (Å²) in [5.41, 5.74) is 6.92. The second-order valence-corrected chi connectivity index (χ2v) is 4.42. The molecule has 0 saturated heterocycles. The summed E-state index contributed by atoms with van der Waals surface area (Å²) in [5, 5.41) is 3.67. The lowest BCUT2D eigenvalue weighted by atomic mass is 10.1. The van der Waals surface area contributed by atoms with Crippen molar-refractivity contribution in [2.24, 2.45) is 0 Å². The van der Waals surface area contributed by atoms with Gasteiger partial charge in [-0.15, -0.1) is 0 Å². The van der Waals surface area contributed by atoms with Crippen LogP contribution in [0.4, 0.5) is 11.4 Å². The molecule has 0 aromatic carbocycles. The van der Waals surface area contributed by atoms with E-state index in [1.165, 1.54) is 6.20 Å². The SMILES string of the molecule is COCC(C)(C)Nc1cc(Cl)ncc1N. The van der Waals surface area contributed by atoms with Crippen LogP contribution in [0, 0.1) is 0 Å². The predicted molar refractivity (Wildman–Crippen MR) is 63.2 cm³/mol. The number of aromatic nitrogens is 1. The van der Waals surface area contributed by atoms with Gasteiger partial charge in [0.2, 0.25) is 0 Å². The largest absolute Gasteiger partial charge is 0.396 e. The molecule has 0 amide bonds. The number of ether oxygens (including phenoxy) is 1. The van der Waals surface area contributed by atoms with Gasteiger partial charge in [-0.25, -0.2) is 4.98 Å². The zero-order valence-corrected chi connectivity index (χ0v) is 9.93. The van der Waals surface area contributed by atoms with Gasteiger partial charge < -0.3 is 15.8 Å². The fraction of sp³-hybridized carbons (Fsp3) is 0.500. The molecule has 0 aliphatic carbocycles. The van der Waals surface area contributed by atoms with Gasteiger partial charge in [-0.2, -0.15) is 0 Å². The molecule has 1 aromatic heterocycles. The van der Waals surface area contributed by atoms with Crippen LogP contribution in [0.15, 0.2) is 12.3 Å². The molecule has 0 fully saturated rings. The van der Waals surface area contributed by atoms with Gasteiger partial charge in [0.15, 0.2) is 0 Å². The van der Waals surface area contributed by atoms with E-state index in [1.54, 1.807) is 13.2 Å². The Labute approximate surface area is 94.8 Å². The Bertz CT molecular complexity index is 341. The highest BCUT2D eigenvalue weighted by molar-refractivity contribution is 6.29. The molecular weight excluding hydrogens is 214 g/mol. The summed E-state index contributed by atoms with van der Waals surface area (Å²) in [6.45, 7) is 4.61. The highest BCUT2D eigenvalue weighted by Gasteiger charge is 2.18. The van der Waals surface area contributed by atoms with Crippen LogP contribution in [0.3, 0.4) is 0 Å². The van der Waals surface area contributed by atoms with Crippen molar-refractivity contribution in [2.75, 3.05) is 24.8 Å². The van der Waals surface area contributed by atoms with Crippen LogP contribution in [-0.2, 0) is 4.74 Å². The standard InChI is InChI=1S/C10H16ClN3O/c1-10(2,6-15-3)14-8-4-9(11)13-5-7(8)12/h4-5H,6,12H2,1-3H3,(H,13,14). The molecule has 1 heterocycles. The maximum atomic E-state index is 5.78. The molecule has 0 aliphatic heterocycles. The Morgan fingerprint density at radius 1 is 1.60 bits per heavy atom. The van der Waals surface area contributed by atoms with Crippen molar-refractivity contribution in [3.63, 3.8) is 0 Å². The molecule has 0 saturated carbocycles. The lowest BCUT2D eigenvalue weighted by Gasteiger charge is -2.27. The molecule has 84 valence electrons. The number of nitrogen functional groups attached to an aromatic ring is 1. The minimum absolute atomic E-state index is 0.201. The van der Waals surface area contributed by atoms with E-state index in [9.17, 15) is 0 Å². The maximum absolute atomic E-state index is 5.78.